The minimum Gasteiger partial charge on any atom is -0.455 e. The van der Waals surface area contributed by atoms with Crippen LogP contribution in [-0.4, -0.2) is 94.0 Å². The van der Waals surface area contributed by atoms with Crippen molar-refractivity contribution < 1.29 is 33.8 Å². The Hall–Kier alpha value is -3.80. The summed E-state index contributed by atoms with van der Waals surface area (Å²) >= 11 is 3.62. The van der Waals surface area contributed by atoms with Crippen molar-refractivity contribution in [3.05, 3.63) is 94.5 Å². The Labute approximate surface area is 295 Å². The molecule has 260 valence electrons. The maximum atomic E-state index is 14.9. The lowest BCUT2D eigenvalue weighted by Crippen LogP contribution is -2.57. The van der Waals surface area contributed by atoms with Crippen LogP contribution in [0.1, 0.15) is 62.8 Å². The molecule has 2 saturated heterocycles. The van der Waals surface area contributed by atoms with Crippen molar-refractivity contribution in [3.8, 4) is 0 Å². The zero-order chi connectivity index (χ0) is 34.9. The number of benzene rings is 2. The van der Waals surface area contributed by atoms with Crippen molar-refractivity contribution in [2.24, 2.45) is 11.8 Å². The van der Waals surface area contributed by atoms with E-state index in [1.54, 1.807) is 22.9 Å². The lowest BCUT2D eigenvalue weighted by Gasteiger charge is -2.39. The zero-order valence-electron chi connectivity index (χ0n) is 28.1. The van der Waals surface area contributed by atoms with E-state index >= 15 is 0 Å². The first kappa shape index (κ1) is 35.0. The normalized spacial score (nSPS) is 31.9. The number of cyclic esters (lactones) is 1. The molecule has 4 aliphatic heterocycles. The number of carbonyl (C=O) groups is 4. The molecule has 6 rings (SSSR count). The summed E-state index contributed by atoms with van der Waals surface area (Å²) in [6, 6.07) is 15.8. The molecule has 49 heavy (non-hydrogen) atoms. The van der Waals surface area contributed by atoms with Crippen molar-refractivity contribution in [1.82, 2.24) is 14.7 Å². The Balaban J connectivity index is 1.50. The largest absolute Gasteiger partial charge is 0.455 e. The van der Waals surface area contributed by atoms with E-state index in [9.17, 15) is 24.3 Å². The Kier molecular flexibility index (Phi) is 10.4. The van der Waals surface area contributed by atoms with Gasteiger partial charge in [0.15, 0.2) is 0 Å². The van der Waals surface area contributed by atoms with Gasteiger partial charge in [-0.3, -0.25) is 19.2 Å². The highest BCUT2D eigenvalue weighted by Crippen LogP contribution is 2.60. The molecule has 4 heterocycles. The molecular weight excluding hydrogens is 690 g/mol. The zero-order valence-corrected chi connectivity index (χ0v) is 29.7. The van der Waals surface area contributed by atoms with Gasteiger partial charge < -0.3 is 29.3 Å². The van der Waals surface area contributed by atoms with E-state index in [1.165, 1.54) is 4.90 Å². The number of aliphatic hydroxyl groups excluding tert-OH is 1. The first-order valence-corrected chi connectivity index (χ1v) is 17.9. The number of aliphatic hydroxyl groups is 1. The summed E-state index contributed by atoms with van der Waals surface area (Å²) in [7, 11) is 1.70. The number of allylic oxidation sites excluding steroid dienone is 1. The van der Waals surface area contributed by atoms with Crippen LogP contribution in [0.4, 0.5) is 0 Å². The van der Waals surface area contributed by atoms with Gasteiger partial charge in [-0.2, -0.15) is 0 Å². The predicted octanol–water partition coefficient (Wildman–Crippen LogP) is 4.70. The van der Waals surface area contributed by atoms with Gasteiger partial charge in [-0.1, -0.05) is 102 Å². The molecule has 4 aliphatic rings. The standard InChI is InChI=1S/C38H44BrN3O7/c1-4-5-20-41-21-14-8-13-19-29(44)40(3)24(2)32(26-17-11-7-12-18-26)48-37(47)30-31-35(45)42(28(23-43)25-15-9-6-10-16-25)34(36(41)46)38(31)22-27(39)33(30)49-38/h6-12,14-18,22,24,28,30-34,43H,4-5,13,19-21,23H2,1-3H3/b14-8-/t24-,28+,30+,31-,32+,33+,34+,38-/m0/s1. The van der Waals surface area contributed by atoms with E-state index in [-0.39, 0.29) is 24.8 Å². The Bertz CT molecular complexity index is 1620. The molecule has 10 nitrogen and oxygen atoms in total. The number of esters is 1. The molecule has 11 heteroatoms. The van der Waals surface area contributed by atoms with Crippen molar-refractivity contribution in [2.45, 2.75) is 75.5 Å². The summed E-state index contributed by atoms with van der Waals surface area (Å²) in [5.41, 5.74) is -0.110. The molecule has 0 radical (unpaired) electrons. The highest BCUT2D eigenvalue weighted by atomic mass is 79.9. The third-order valence-electron chi connectivity index (χ3n) is 10.5. The van der Waals surface area contributed by atoms with Crippen LogP contribution in [0.5, 0.6) is 0 Å². The molecule has 3 amide bonds. The molecule has 0 aromatic heterocycles. The van der Waals surface area contributed by atoms with Gasteiger partial charge in [0.25, 0.3) is 0 Å². The number of nitrogens with zero attached hydrogens (tertiary/aromatic N) is 3. The van der Waals surface area contributed by atoms with Gasteiger partial charge >= 0.3 is 5.97 Å². The third kappa shape index (κ3) is 6.25. The van der Waals surface area contributed by atoms with Crippen LogP contribution in [-0.2, 0) is 28.7 Å². The summed E-state index contributed by atoms with van der Waals surface area (Å²) in [5, 5.41) is 10.8. The van der Waals surface area contributed by atoms with Gasteiger partial charge in [-0.25, -0.2) is 0 Å². The smallest absolute Gasteiger partial charge is 0.313 e. The molecule has 2 aromatic rings. The lowest BCUT2D eigenvalue weighted by molar-refractivity contribution is -0.164. The Morgan fingerprint density at radius 1 is 0.980 bits per heavy atom. The van der Waals surface area contributed by atoms with Gasteiger partial charge in [0.05, 0.1) is 24.6 Å². The third-order valence-corrected chi connectivity index (χ3v) is 11.2. The second-order valence-electron chi connectivity index (χ2n) is 13.3. The minimum absolute atomic E-state index is 0.105. The fraction of sp³-hybridized carbons (Fsp3) is 0.474. The molecule has 1 N–H and O–H groups in total. The summed E-state index contributed by atoms with van der Waals surface area (Å²) in [4.78, 5) is 62.4. The fourth-order valence-electron chi connectivity index (χ4n) is 7.81. The highest BCUT2D eigenvalue weighted by Gasteiger charge is 2.75. The van der Waals surface area contributed by atoms with E-state index < -0.39 is 66.3 Å². The fourth-order valence-corrected chi connectivity index (χ4v) is 8.54. The van der Waals surface area contributed by atoms with Gasteiger partial charge in [-0.05, 0) is 37.0 Å². The topological polar surface area (TPSA) is 117 Å². The average Bonchev–Trinajstić information content (AvgIpc) is 3.71. The minimum atomic E-state index is -1.48. The summed E-state index contributed by atoms with van der Waals surface area (Å²) in [5.74, 6) is -3.70. The van der Waals surface area contributed by atoms with Gasteiger partial charge in [0, 0.05) is 31.0 Å². The Morgan fingerprint density at radius 3 is 2.35 bits per heavy atom. The summed E-state index contributed by atoms with van der Waals surface area (Å²) in [6.07, 6.45) is 6.17. The van der Waals surface area contributed by atoms with Gasteiger partial charge in [0.1, 0.15) is 29.8 Å². The van der Waals surface area contributed by atoms with Crippen molar-refractivity contribution in [1.29, 1.82) is 0 Å². The van der Waals surface area contributed by atoms with E-state index in [4.69, 9.17) is 9.47 Å². The molecule has 5 bridgehead atoms. The predicted molar refractivity (Wildman–Crippen MR) is 186 cm³/mol. The molecule has 8 atom stereocenters. The quantitative estimate of drug-likeness (QED) is 0.324. The monoisotopic (exact) mass is 733 g/mol. The van der Waals surface area contributed by atoms with E-state index in [1.807, 2.05) is 86.7 Å². The van der Waals surface area contributed by atoms with Crippen LogP contribution in [0.3, 0.4) is 0 Å². The molecule has 1 spiro atoms. The van der Waals surface area contributed by atoms with Crippen molar-refractivity contribution >= 4 is 39.6 Å². The van der Waals surface area contributed by atoms with Crippen LogP contribution in [0, 0.1) is 11.8 Å². The SMILES string of the molecule is CCCCN1C/C=C\CCC(=O)N(C)[C@@H](C)[C@H](c2ccccc2)OC(=O)[C@H]2[C@@H]3O[C@@]4(C=C3Br)[C@@H]2C(=O)N([C@H](CO)c2ccccc2)[C@@H]4C1=O. The van der Waals surface area contributed by atoms with Gasteiger partial charge in [-0.15, -0.1) is 0 Å². The number of unbranched alkanes of at least 4 members (excludes halogenated alkanes) is 1. The van der Waals surface area contributed by atoms with Crippen LogP contribution in [0.25, 0.3) is 0 Å². The van der Waals surface area contributed by atoms with Crippen molar-refractivity contribution in [2.75, 3.05) is 26.7 Å². The number of hydrogen-bond donors (Lipinski definition) is 1. The van der Waals surface area contributed by atoms with Crippen LogP contribution >= 0.6 is 15.9 Å². The highest BCUT2D eigenvalue weighted by molar-refractivity contribution is 9.11. The number of hydrogen-bond acceptors (Lipinski definition) is 7. The second-order valence-corrected chi connectivity index (χ2v) is 14.3. The van der Waals surface area contributed by atoms with Crippen LogP contribution in [0.15, 0.2) is 83.4 Å². The maximum absolute atomic E-state index is 14.9. The molecule has 0 saturated carbocycles. The number of ether oxygens (including phenoxy) is 2. The van der Waals surface area contributed by atoms with E-state index in [0.717, 1.165) is 12.8 Å². The number of amides is 3. The average molecular weight is 735 g/mol. The number of carbonyl (C=O) groups excluding carboxylic acids is 4. The van der Waals surface area contributed by atoms with Crippen LogP contribution < -0.4 is 0 Å². The first-order chi connectivity index (χ1) is 23.6. The molecular formula is C38H44BrN3O7. The summed E-state index contributed by atoms with van der Waals surface area (Å²) in [6.45, 7) is 4.15. The molecule has 2 aromatic carbocycles. The van der Waals surface area contributed by atoms with E-state index in [0.29, 0.717) is 28.6 Å². The Morgan fingerprint density at radius 2 is 1.67 bits per heavy atom. The van der Waals surface area contributed by atoms with Crippen LogP contribution in [0.2, 0.25) is 0 Å². The first-order valence-electron chi connectivity index (χ1n) is 17.1. The molecule has 0 unspecified atom stereocenters. The summed E-state index contributed by atoms with van der Waals surface area (Å²) < 4.78 is 13.6. The number of rotatable bonds is 7. The van der Waals surface area contributed by atoms with Crippen molar-refractivity contribution in [3.63, 3.8) is 0 Å². The lowest BCUT2D eigenvalue weighted by atomic mass is 9.74. The second kappa shape index (κ2) is 14.6. The number of likely N-dealkylation sites (tertiary alicyclic amines) is 1. The number of halogens is 1. The van der Waals surface area contributed by atoms with Gasteiger partial charge in [0.2, 0.25) is 17.7 Å². The molecule has 0 aliphatic carbocycles. The number of likely N-dealkylation sites (N-methyl/N-ethyl adjacent to an activating group) is 1. The maximum Gasteiger partial charge on any atom is 0.313 e. The van der Waals surface area contributed by atoms with E-state index in [2.05, 4.69) is 15.9 Å². The number of fused-ring (bicyclic) bond motifs is 2. The molecule has 2 fully saturated rings.